The van der Waals surface area contributed by atoms with Gasteiger partial charge in [0, 0.05) is 0 Å². The summed E-state index contributed by atoms with van der Waals surface area (Å²) in [5.41, 5.74) is 0. The average Bonchev–Trinajstić information content (AvgIpc) is 1.12. The van der Waals surface area contributed by atoms with E-state index in [0.29, 0.717) is 0 Å². The van der Waals surface area contributed by atoms with Gasteiger partial charge in [-0.05, 0) is 0 Å². The van der Waals surface area contributed by atoms with Gasteiger partial charge in [0.1, 0.15) is 0 Å². The summed E-state index contributed by atoms with van der Waals surface area (Å²) in [6.07, 6.45) is 0. The zero-order valence-electron chi connectivity index (χ0n) is 5.27. The van der Waals surface area contributed by atoms with Crippen molar-refractivity contribution in [1.29, 1.82) is 0 Å². The molecule has 0 aromatic carbocycles. The first-order valence-corrected chi connectivity index (χ1v) is 4.90. The summed E-state index contributed by atoms with van der Waals surface area (Å²) in [4.78, 5) is 68.6. The first-order chi connectivity index (χ1) is 4.00. The molecule has 12 heteroatoms. The van der Waals surface area contributed by atoms with Crippen molar-refractivity contribution in [3.63, 3.8) is 0 Å². The Morgan fingerprint density at radius 2 is 0.500 bits per heavy atom. The van der Waals surface area contributed by atoms with Crippen molar-refractivity contribution in [2.75, 3.05) is 0 Å². The third-order valence-electron chi connectivity index (χ3n) is 0. The fourth-order valence-electron chi connectivity index (χ4n) is 0. The van der Waals surface area contributed by atoms with Gasteiger partial charge in [-0.15, -0.1) is 0 Å². The fourth-order valence-corrected chi connectivity index (χ4v) is 0. The smallest absolute Gasteiger partial charge is 0.894 e. The molecule has 0 N–H and O–H groups in total. The van der Waals surface area contributed by atoms with Crippen LogP contribution in [0, 0.1) is 0 Å². The van der Waals surface area contributed by atoms with Gasteiger partial charge in [-0.1, -0.05) is 0 Å². The molecule has 0 rings (SSSR count). The van der Waals surface area contributed by atoms with Gasteiger partial charge in [-0.25, -0.2) is 0 Å². The van der Waals surface area contributed by atoms with E-state index >= 15 is 0 Å². The minimum atomic E-state index is -5.61. The van der Waals surface area contributed by atoms with Crippen LogP contribution in [0.15, 0.2) is 0 Å². The molecule has 12 heavy (non-hydrogen) atoms. The van der Waals surface area contributed by atoms with Crippen LogP contribution in [0.1, 0.15) is 0 Å². The van der Waals surface area contributed by atoms with Crippen LogP contribution in [-0.2, 0) is 47.9 Å². The molecule has 0 aromatic heterocycles. The van der Waals surface area contributed by atoms with Crippen molar-refractivity contribution in [1.82, 2.24) is 0 Å². The van der Waals surface area contributed by atoms with Gasteiger partial charge in [-0.3, -0.25) is 0 Å². The molecule has 0 spiro atoms. The van der Waals surface area contributed by atoms with Crippen LogP contribution in [0.25, 0.3) is 0 Å². The molecule has 0 radical (unpaired) electrons. The molecule has 0 atom stereocenters. The second-order valence-corrected chi connectivity index (χ2v) is 3.00. The second-order valence-electron chi connectivity index (χ2n) is 1.00. The van der Waals surface area contributed by atoms with E-state index in [1.807, 2.05) is 0 Å². The van der Waals surface area contributed by atoms with Gasteiger partial charge in [0.2, 0.25) is 0 Å². The van der Waals surface area contributed by atoms with Crippen LogP contribution in [-0.4, -0.2) is 18.1 Å². The van der Waals surface area contributed by atoms with E-state index in [4.69, 9.17) is 38.4 Å². The van der Waals surface area contributed by atoms with Crippen molar-refractivity contribution in [2.24, 2.45) is 0 Å². The van der Waals surface area contributed by atoms with E-state index in [1.165, 1.54) is 0 Å². The molecule has 0 aliphatic rings. The predicted molar refractivity (Wildman–Crippen MR) is 11.5 cm³/mol. The molecular weight excluding hydrogens is 323 g/mol. The van der Waals surface area contributed by atoms with Crippen molar-refractivity contribution in [3.8, 4) is 0 Å². The third kappa shape index (κ3) is 459. The van der Waals surface area contributed by atoms with Gasteiger partial charge in [0.25, 0.3) is 0 Å². The minimum Gasteiger partial charge on any atom is -0.894 e. The summed E-state index contributed by atoms with van der Waals surface area (Å²) in [6.45, 7) is 0. The zero-order valence-corrected chi connectivity index (χ0v) is 11.3. The largest absolute Gasteiger partial charge is 4.00 e. The van der Waals surface area contributed by atoms with Gasteiger partial charge in [0.15, 0.2) is 0 Å². The normalized spacial score (nSPS) is 10.0. The molecule has 0 amide bonds. The maximum atomic E-state index is 8.58. The van der Waals surface area contributed by atoms with Crippen LogP contribution in [0.2, 0.25) is 0 Å². The zero-order chi connectivity index (χ0) is 9.00. The van der Waals surface area contributed by atoms with E-state index in [-0.39, 0.29) is 47.9 Å². The molecule has 0 aromatic rings. The monoisotopic (exact) mass is 322 g/mol. The van der Waals surface area contributed by atoms with Crippen molar-refractivity contribution >= 4 is 18.1 Å². The van der Waals surface area contributed by atoms with Gasteiger partial charge < -0.3 is 56.5 Å². The Bertz CT molecular complexity index is 60.0. The average molecular weight is 323 g/mol. The Kier molecular flexibility index (Phi) is 18.2. The van der Waals surface area contributed by atoms with Gasteiger partial charge >= 0.3 is 47.9 Å². The molecule has 8 nitrogen and oxygen atoms in total. The van der Waals surface area contributed by atoms with E-state index < -0.39 is 18.1 Å². The van der Waals surface area contributed by atoms with Crippen molar-refractivity contribution in [2.45, 2.75) is 0 Å². The van der Waals surface area contributed by atoms with Crippen LogP contribution < -0.4 is 38.4 Å². The van der Waals surface area contributed by atoms with Crippen LogP contribution in [0.5, 0.6) is 0 Å². The molecule has 0 saturated heterocycles. The Hall–Kier alpha value is 1.71. The topological polar surface area (TPSA) is 184 Å². The Morgan fingerprint density at radius 3 is 0.500 bits per heavy atom. The Morgan fingerprint density at radius 1 is 0.500 bits per heavy atom. The molecule has 0 unspecified atom stereocenters. The molecular formula is O8Si2TiZr. The number of hydrogen-bond donors (Lipinski definition) is 0. The minimum absolute atomic E-state index is 0. The first-order valence-electron chi connectivity index (χ1n) is 1.63. The molecule has 0 bridgehead atoms. The van der Waals surface area contributed by atoms with Crippen LogP contribution in [0.3, 0.4) is 0 Å². The summed E-state index contributed by atoms with van der Waals surface area (Å²) < 4.78 is 0. The SMILES string of the molecule is [O-][Si]([O-])([O-])[O-].[O-][Si]([O-])([O-])[O-].[Ti+4].[Zr+4]. The third-order valence-corrected chi connectivity index (χ3v) is 0. The summed E-state index contributed by atoms with van der Waals surface area (Å²) in [6, 6.07) is 0. The maximum absolute atomic E-state index is 8.58. The van der Waals surface area contributed by atoms with E-state index in [1.54, 1.807) is 0 Å². The predicted octanol–water partition coefficient (Wildman–Crippen LogP) is -10.3. The second kappa shape index (κ2) is 9.27. The van der Waals surface area contributed by atoms with Crippen molar-refractivity contribution in [3.05, 3.63) is 0 Å². The molecule has 64 valence electrons. The van der Waals surface area contributed by atoms with Crippen LogP contribution in [0.4, 0.5) is 0 Å². The quantitative estimate of drug-likeness (QED) is 0.393. The van der Waals surface area contributed by atoms with Gasteiger partial charge in [-0.2, -0.15) is 0 Å². The van der Waals surface area contributed by atoms with E-state index in [0.717, 1.165) is 0 Å². The summed E-state index contributed by atoms with van der Waals surface area (Å²) >= 11 is 0. The molecule has 0 saturated carbocycles. The van der Waals surface area contributed by atoms with E-state index in [2.05, 4.69) is 0 Å². The first kappa shape index (κ1) is 23.5. The van der Waals surface area contributed by atoms with Gasteiger partial charge in [0.05, 0.1) is 0 Å². The Labute approximate surface area is 104 Å². The summed E-state index contributed by atoms with van der Waals surface area (Å²) in [5, 5.41) is 0. The Balaban J connectivity index is -0.0000000457. The maximum Gasteiger partial charge on any atom is 4.00 e. The fraction of sp³-hybridized carbons (Fsp3) is 0. The molecule has 0 aliphatic heterocycles. The molecule has 0 heterocycles. The van der Waals surface area contributed by atoms with E-state index in [9.17, 15) is 0 Å². The number of hydrogen-bond acceptors (Lipinski definition) is 8. The van der Waals surface area contributed by atoms with Crippen LogP contribution >= 0.6 is 0 Å². The summed E-state index contributed by atoms with van der Waals surface area (Å²) in [5.74, 6) is 0. The number of rotatable bonds is 0. The van der Waals surface area contributed by atoms with Crippen molar-refractivity contribution < 1.29 is 86.3 Å². The molecule has 0 aliphatic carbocycles. The standard InChI is InChI=1S/2O4Si.Ti.Zr/c2*1-5(2,3)4;;/q2*-4;2*+4. The summed E-state index contributed by atoms with van der Waals surface area (Å²) in [7, 11) is -11.2. The molecule has 0 fully saturated rings.